The Morgan fingerprint density at radius 3 is 2.67 bits per heavy atom. The number of carbonyl (C=O) groups is 2. The van der Waals surface area contributed by atoms with Crippen molar-refractivity contribution in [2.45, 2.75) is 19.4 Å². The molecule has 124 valence electrons. The van der Waals surface area contributed by atoms with Gasteiger partial charge in [0.25, 0.3) is 5.91 Å². The van der Waals surface area contributed by atoms with Crippen LogP contribution in [0.1, 0.15) is 24.1 Å². The molecule has 1 unspecified atom stereocenters. The van der Waals surface area contributed by atoms with Crippen molar-refractivity contribution in [3.05, 3.63) is 59.7 Å². The van der Waals surface area contributed by atoms with E-state index in [0.29, 0.717) is 5.75 Å². The molecular weight excluding hydrogens is 306 g/mol. The fourth-order valence-corrected chi connectivity index (χ4v) is 2.51. The molecule has 0 aliphatic carbocycles. The van der Waals surface area contributed by atoms with Crippen molar-refractivity contribution in [3.63, 3.8) is 0 Å². The molecule has 6 heteroatoms. The van der Waals surface area contributed by atoms with Crippen molar-refractivity contribution < 1.29 is 14.3 Å². The number of aryl methyl sites for hydroxylation is 1. The molecule has 0 fully saturated rings. The number of nitrogens with one attached hydrogen (secondary N) is 3. The second-order valence-electron chi connectivity index (χ2n) is 5.49. The van der Waals surface area contributed by atoms with E-state index in [-0.39, 0.29) is 18.4 Å². The smallest absolute Gasteiger partial charge is 0.272 e. The van der Waals surface area contributed by atoms with Crippen LogP contribution in [0.5, 0.6) is 5.75 Å². The third-order valence-electron chi connectivity index (χ3n) is 3.85. The molecule has 0 saturated carbocycles. The zero-order valence-electron chi connectivity index (χ0n) is 13.3. The van der Waals surface area contributed by atoms with Crippen LogP contribution in [-0.4, -0.2) is 18.4 Å². The van der Waals surface area contributed by atoms with Crippen LogP contribution in [0.2, 0.25) is 0 Å². The molecule has 0 saturated heterocycles. The highest BCUT2D eigenvalue weighted by Crippen LogP contribution is 2.29. The number of amides is 2. The molecule has 1 atom stereocenters. The first-order valence-corrected chi connectivity index (χ1v) is 7.83. The van der Waals surface area contributed by atoms with Crippen LogP contribution in [-0.2, 0) is 16.0 Å². The number of fused-ring (bicyclic) bond motifs is 1. The number of hydrogen-bond acceptors (Lipinski definition) is 4. The van der Waals surface area contributed by atoms with Gasteiger partial charge in [0, 0.05) is 11.3 Å². The molecule has 0 spiro atoms. The number of rotatable bonds is 6. The summed E-state index contributed by atoms with van der Waals surface area (Å²) in [4.78, 5) is 23.8. The van der Waals surface area contributed by atoms with Crippen molar-refractivity contribution in [3.8, 4) is 5.75 Å². The van der Waals surface area contributed by atoms with E-state index >= 15 is 0 Å². The van der Waals surface area contributed by atoms with Crippen LogP contribution in [0.4, 0.5) is 5.69 Å². The molecule has 2 aromatic rings. The molecule has 3 rings (SSSR count). The molecule has 2 aromatic carbocycles. The van der Waals surface area contributed by atoms with Gasteiger partial charge in [0.2, 0.25) is 5.91 Å². The molecule has 6 nitrogen and oxygen atoms in total. The van der Waals surface area contributed by atoms with Gasteiger partial charge in [-0.1, -0.05) is 37.3 Å². The summed E-state index contributed by atoms with van der Waals surface area (Å²) in [7, 11) is 0. The maximum Gasteiger partial charge on any atom is 0.272 e. The van der Waals surface area contributed by atoms with E-state index in [1.54, 1.807) is 0 Å². The molecule has 3 N–H and O–H groups in total. The van der Waals surface area contributed by atoms with E-state index in [1.165, 1.54) is 5.56 Å². The third kappa shape index (κ3) is 3.55. The summed E-state index contributed by atoms with van der Waals surface area (Å²) in [5, 5.41) is 2.76. The number of benzene rings is 2. The Hall–Kier alpha value is -2.86. The summed E-state index contributed by atoms with van der Waals surface area (Å²) in [5.41, 5.74) is 8.03. The second-order valence-corrected chi connectivity index (χ2v) is 5.49. The van der Waals surface area contributed by atoms with Gasteiger partial charge in [-0.05, 0) is 30.2 Å². The first-order valence-electron chi connectivity index (χ1n) is 7.83. The van der Waals surface area contributed by atoms with Gasteiger partial charge in [-0.15, -0.1) is 0 Å². The predicted molar refractivity (Wildman–Crippen MR) is 90.4 cm³/mol. The average molecular weight is 325 g/mol. The van der Waals surface area contributed by atoms with E-state index < -0.39 is 6.04 Å². The SMILES string of the molecule is CCc1ccc(OCC(=O)NNC2C(=O)Nc3ccccc32)cc1. The summed E-state index contributed by atoms with van der Waals surface area (Å²) < 4.78 is 5.43. The van der Waals surface area contributed by atoms with E-state index in [1.807, 2.05) is 48.5 Å². The van der Waals surface area contributed by atoms with Crippen LogP contribution in [0.3, 0.4) is 0 Å². The monoisotopic (exact) mass is 325 g/mol. The first-order chi connectivity index (χ1) is 11.7. The van der Waals surface area contributed by atoms with Gasteiger partial charge in [0.1, 0.15) is 11.8 Å². The lowest BCUT2D eigenvalue weighted by atomic mass is 10.1. The van der Waals surface area contributed by atoms with Crippen LogP contribution in [0.15, 0.2) is 48.5 Å². The first kappa shape index (κ1) is 16.0. The summed E-state index contributed by atoms with van der Waals surface area (Å²) in [6.45, 7) is 1.95. The minimum atomic E-state index is -0.603. The summed E-state index contributed by atoms with van der Waals surface area (Å²) in [5.74, 6) is 0.0747. The molecular formula is C18H19N3O3. The maximum absolute atomic E-state index is 11.9. The molecule has 1 aliphatic heterocycles. The lowest BCUT2D eigenvalue weighted by molar-refractivity contribution is -0.125. The molecule has 0 aromatic heterocycles. The van der Waals surface area contributed by atoms with Crippen molar-refractivity contribution >= 4 is 17.5 Å². The highest BCUT2D eigenvalue weighted by Gasteiger charge is 2.30. The number of carbonyl (C=O) groups excluding carboxylic acids is 2. The number of hydrogen-bond donors (Lipinski definition) is 3. The number of hydrazine groups is 1. The molecule has 1 heterocycles. The quantitative estimate of drug-likeness (QED) is 0.709. The van der Waals surface area contributed by atoms with Gasteiger partial charge in [-0.3, -0.25) is 15.0 Å². The van der Waals surface area contributed by atoms with Gasteiger partial charge in [-0.25, -0.2) is 5.43 Å². The predicted octanol–water partition coefficient (Wildman–Crippen LogP) is 1.94. The topological polar surface area (TPSA) is 79.5 Å². The van der Waals surface area contributed by atoms with Crippen molar-refractivity contribution in [1.29, 1.82) is 0 Å². The number of ether oxygens (including phenoxy) is 1. The van der Waals surface area contributed by atoms with Gasteiger partial charge in [0.05, 0.1) is 0 Å². The summed E-state index contributed by atoms with van der Waals surface area (Å²) >= 11 is 0. The van der Waals surface area contributed by atoms with Crippen LogP contribution in [0.25, 0.3) is 0 Å². The second kappa shape index (κ2) is 7.14. The van der Waals surface area contributed by atoms with Crippen molar-refractivity contribution in [1.82, 2.24) is 10.9 Å². The molecule has 1 aliphatic rings. The molecule has 24 heavy (non-hydrogen) atoms. The Balaban J connectivity index is 1.50. The van der Waals surface area contributed by atoms with Crippen LogP contribution in [0, 0.1) is 0 Å². The lowest BCUT2D eigenvalue weighted by Gasteiger charge is -2.13. The van der Waals surface area contributed by atoms with E-state index in [2.05, 4.69) is 23.1 Å². The minimum Gasteiger partial charge on any atom is -0.484 e. The van der Waals surface area contributed by atoms with E-state index in [0.717, 1.165) is 17.7 Å². The van der Waals surface area contributed by atoms with Crippen molar-refractivity contribution in [2.24, 2.45) is 0 Å². The normalized spacial score (nSPS) is 15.5. The number of anilines is 1. The number of para-hydroxylation sites is 1. The summed E-state index contributed by atoms with van der Waals surface area (Å²) in [6, 6.07) is 14.3. The van der Waals surface area contributed by atoms with E-state index in [9.17, 15) is 9.59 Å². The fourth-order valence-electron chi connectivity index (χ4n) is 2.51. The Morgan fingerprint density at radius 1 is 1.17 bits per heavy atom. The fraction of sp³-hybridized carbons (Fsp3) is 0.222. The maximum atomic E-state index is 11.9. The largest absolute Gasteiger partial charge is 0.484 e. The standard InChI is InChI=1S/C18H19N3O3/c1-2-12-7-9-13(10-8-12)24-11-16(22)20-21-17-14-5-3-4-6-15(14)19-18(17)23/h3-10,17,21H,2,11H2,1H3,(H,19,23)(H,20,22). The molecule has 0 radical (unpaired) electrons. The van der Waals surface area contributed by atoms with E-state index in [4.69, 9.17) is 4.74 Å². The highest BCUT2D eigenvalue weighted by molar-refractivity contribution is 6.02. The Morgan fingerprint density at radius 2 is 1.92 bits per heavy atom. The Bertz CT molecular complexity index is 743. The summed E-state index contributed by atoms with van der Waals surface area (Å²) in [6.07, 6.45) is 0.954. The molecule has 2 amide bonds. The van der Waals surface area contributed by atoms with Crippen LogP contribution < -0.4 is 20.9 Å². The van der Waals surface area contributed by atoms with Gasteiger partial charge in [-0.2, -0.15) is 0 Å². The third-order valence-corrected chi connectivity index (χ3v) is 3.85. The van der Waals surface area contributed by atoms with Gasteiger partial charge in [0.15, 0.2) is 6.61 Å². The molecule has 0 bridgehead atoms. The zero-order chi connectivity index (χ0) is 16.9. The zero-order valence-corrected chi connectivity index (χ0v) is 13.3. The lowest BCUT2D eigenvalue weighted by Crippen LogP contribution is -2.44. The Labute approximate surface area is 140 Å². The Kier molecular flexibility index (Phi) is 4.77. The van der Waals surface area contributed by atoms with Gasteiger partial charge < -0.3 is 10.1 Å². The van der Waals surface area contributed by atoms with Crippen molar-refractivity contribution in [2.75, 3.05) is 11.9 Å². The minimum absolute atomic E-state index is 0.130. The van der Waals surface area contributed by atoms with Crippen LogP contribution >= 0.6 is 0 Å². The average Bonchev–Trinajstić information content (AvgIpc) is 2.93. The van der Waals surface area contributed by atoms with Gasteiger partial charge >= 0.3 is 0 Å². The highest BCUT2D eigenvalue weighted by atomic mass is 16.5.